The molecule has 1 aromatic heterocycles. The fourth-order valence-corrected chi connectivity index (χ4v) is 8.53. The lowest BCUT2D eigenvalue weighted by Crippen LogP contribution is -2.46. The van der Waals surface area contributed by atoms with Crippen molar-refractivity contribution in [1.29, 1.82) is 0 Å². The van der Waals surface area contributed by atoms with E-state index in [0.29, 0.717) is 54.7 Å². The van der Waals surface area contributed by atoms with Crippen molar-refractivity contribution < 1.29 is 22.7 Å². The maximum absolute atomic E-state index is 13.9. The lowest BCUT2D eigenvalue weighted by atomic mass is 10.1. The Labute approximate surface area is 326 Å². The molecule has 4 aromatic rings. The molecule has 1 saturated heterocycles. The van der Waals surface area contributed by atoms with Crippen LogP contribution in [0.15, 0.2) is 70.7 Å². The lowest BCUT2D eigenvalue weighted by molar-refractivity contribution is -0.124. The number of benzene rings is 3. The van der Waals surface area contributed by atoms with Gasteiger partial charge in [0.2, 0.25) is 15.9 Å². The number of carbonyl (C=O) groups excluding carboxylic acids is 2. The molecule has 0 saturated carbocycles. The Morgan fingerprint density at radius 2 is 1.73 bits per heavy atom. The molecule has 0 unspecified atom stereocenters. The summed E-state index contributed by atoms with van der Waals surface area (Å²) >= 11 is 13.2. The van der Waals surface area contributed by atoms with Crippen molar-refractivity contribution in [3.63, 3.8) is 0 Å². The van der Waals surface area contributed by atoms with Crippen LogP contribution in [0, 0.1) is 13.8 Å². The molecule has 0 radical (unpaired) electrons. The number of fused-ring (bicyclic) bond motifs is 1. The number of para-hydroxylation sites is 1. The number of aryl methyl sites for hydroxylation is 2. The van der Waals surface area contributed by atoms with E-state index in [1.807, 2.05) is 32.0 Å². The summed E-state index contributed by atoms with van der Waals surface area (Å²) in [4.78, 5) is 30.1. The second kappa shape index (κ2) is 19.4. The molecule has 3 aromatic carbocycles. The summed E-state index contributed by atoms with van der Waals surface area (Å²) in [7, 11) is -4.15. The summed E-state index contributed by atoms with van der Waals surface area (Å²) in [6.45, 7) is 4.88. The molecule has 16 heteroatoms. The number of halogens is 4. The minimum Gasteiger partial charge on any atom is -0.487 e. The predicted octanol–water partition coefficient (Wildman–Crippen LogP) is 6.74. The van der Waals surface area contributed by atoms with Gasteiger partial charge in [-0.15, -0.1) is 24.8 Å². The first-order chi connectivity index (χ1) is 24.0. The van der Waals surface area contributed by atoms with Crippen LogP contribution >= 0.6 is 48.0 Å². The highest BCUT2D eigenvalue weighted by Crippen LogP contribution is 2.36. The number of ether oxygens (including phenoxy) is 1. The number of nitrogens with one attached hydrogen (secondary N) is 2. The molecule has 1 atom stereocenters. The van der Waals surface area contributed by atoms with Crippen molar-refractivity contribution >= 4 is 87.0 Å². The number of rotatable bonds is 14. The molecule has 0 bridgehead atoms. The third-order valence-electron chi connectivity index (χ3n) is 8.59. The number of pyridine rings is 1. The van der Waals surface area contributed by atoms with Crippen LogP contribution in [0.1, 0.15) is 64.8 Å². The summed E-state index contributed by atoms with van der Waals surface area (Å²) in [5.74, 6) is 5.14. The van der Waals surface area contributed by atoms with Crippen molar-refractivity contribution in [3.05, 3.63) is 98.7 Å². The molecule has 280 valence electrons. The second-order valence-corrected chi connectivity index (χ2v) is 14.8. The van der Waals surface area contributed by atoms with E-state index < -0.39 is 16.1 Å². The minimum absolute atomic E-state index is 0. The molecule has 5 rings (SSSR count). The van der Waals surface area contributed by atoms with Crippen LogP contribution in [-0.2, 0) is 21.4 Å². The van der Waals surface area contributed by atoms with Gasteiger partial charge in [-0.3, -0.25) is 9.59 Å². The third-order valence-corrected chi connectivity index (χ3v) is 11.4. The first kappa shape index (κ1) is 42.8. The number of nitrogens with zero attached hydrogens (tertiary/aromatic N) is 3. The van der Waals surface area contributed by atoms with E-state index in [-0.39, 0.29) is 64.7 Å². The van der Waals surface area contributed by atoms with E-state index in [1.165, 1.54) is 22.7 Å². The molecule has 0 spiro atoms. The number of hydrazone groups is 1. The number of amides is 2. The standard InChI is InChI=1S/C36H40Cl2N6O5S.2ClH/c1-23-20-24(2)43-34-27(23)8-6-10-31(34)49-22-28-29(37)15-16-32(33(28)38)50(47,48)44-19-7-9-30(44)36(46)41-18-5-3-4-17-40-35(45)26-13-11-25(12-14-26)21-42-39;;/h6,8,10-16,20-21,30H,3-5,7,9,17-19,22,39H2,1-2H3,(H,40,45)(H,41,46);2*1H/t30-;;/m0../s1. The van der Waals surface area contributed by atoms with Gasteiger partial charge >= 0.3 is 0 Å². The van der Waals surface area contributed by atoms with E-state index in [1.54, 1.807) is 30.3 Å². The van der Waals surface area contributed by atoms with E-state index in [4.69, 9.17) is 33.8 Å². The maximum atomic E-state index is 13.9. The molecule has 2 amide bonds. The number of unbranched alkanes of at least 4 members (excludes halogenated alkanes) is 2. The van der Waals surface area contributed by atoms with Crippen LogP contribution in [0.4, 0.5) is 0 Å². The van der Waals surface area contributed by atoms with E-state index in [0.717, 1.165) is 35.0 Å². The SMILES string of the molecule is Cc1cc(C)c2cccc(OCc3c(Cl)ccc(S(=O)(=O)N4CCC[C@H]4C(=O)NCCCCCNC(=O)c4ccc(C=NN)cc4)c3Cl)c2n1.Cl.Cl. The molecule has 11 nitrogen and oxygen atoms in total. The summed E-state index contributed by atoms with van der Waals surface area (Å²) in [6, 6.07) is 16.5. The number of sulfonamides is 1. The van der Waals surface area contributed by atoms with Gasteiger partial charge in [-0.25, -0.2) is 13.4 Å². The summed E-state index contributed by atoms with van der Waals surface area (Å²) < 4.78 is 35.2. The first-order valence-electron chi connectivity index (χ1n) is 16.4. The van der Waals surface area contributed by atoms with E-state index >= 15 is 0 Å². The number of nitrogens with two attached hydrogens (primary N) is 1. The zero-order valence-electron chi connectivity index (χ0n) is 28.7. The average Bonchev–Trinajstić information content (AvgIpc) is 3.60. The zero-order chi connectivity index (χ0) is 35.8. The monoisotopic (exact) mass is 810 g/mol. The molecule has 1 fully saturated rings. The molecular formula is C36H42Cl4N6O5S. The fourth-order valence-electron chi connectivity index (χ4n) is 6.01. The van der Waals surface area contributed by atoms with Gasteiger partial charge in [0, 0.05) is 46.9 Å². The maximum Gasteiger partial charge on any atom is 0.251 e. The highest BCUT2D eigenvalue weighted by Gasteiger charge is 2.40. The summed E-state index contributed by atoms with van der Waals surface area (Å²) in [5, 5.41) is 10.4. The smallest absolute Gasteiger partial charge is 0.251 e. The van der Waals surface area contributed by atoms with Crippen molar-refractivity contribution in [3.8, 4) is 5.75 Å². The van der Waals surface area contributed by atoms with E-state index in [2.05, 4.69) is 20.7 Å². The van der Waals surface area contributed by atoms with Gasteiger partial charge in [-0.2, -0.15) is 9.41 Å². The van der Waals surface area contributed by atoms with Crippen LogP contribution in [0.2, 0.25) is 10.0 Å². The molecule has 2 heterocycles. The Balaban J connectivity index is 0.00000364. The number of carbonyl (C=O) groups is 2. The van der Waals surface area contributed by atoms with Gasteiger partial charge in [0.05, 0.1) is 11.2 Å². The van der Waals surface area contributed by atoms with E-state index in [9.17, 15) is 18.0 Å². The Kier molecular flexibility index (Phi) is 16.0. The van der Waals surface area contributed by atoms with Gasteiger partial charge in [0.25, 0.3) is 5.91 Å². The number of hydrogen-bond acceptors (Lipinski definition) is 8. The van der Waals surface area contributed by atoms with Gasteiger partial charge < -0.3 is 21.2 Å². The Morgan fingerprint density at radius 3 is 2.44 bits per heavy atom. The van der Waals surface area contributed by atoms with Crippen LogP contribution in [0.25, 0.3) is 10.9 Å². The van der Waals surface area contributed by atoms with Gasteiger partial charge in [-0.1, -0.05) is 47.5 Å². The highest BCUT2D eigenvalue weighted by atomic mass is 35.5. The van der Waals surface area contributed by atoms with Crippen LogP contribution < -0.4 is 21.2 Å². The van der Waals surface area contributed by atoms with Gasteiger partial charge in [0.1, 0.15) is 28.8 Å². The largest absolute Gasteiger partial charge is 0.487 e. The Hall–Kier alpha value is -3.65. The normalized spacial score (nSPS) is 14.5. The lowest BCUT2D eigenvalue weighted by Gasteiger charge is -2.24. The van der Waals surface area contributed by atoms with Gasteiger partial charge in [-0.05, 0) is 93.5 Å². The van der Waals surface area contributed by atoms with Crippen LogP contribution in [-0.4, -0.2) is 61.4 Å². The first-order valence-corrected chi connectivity index (χ1v) is 18.6. The Bertz CT molecular complexity index is 2010. The molecule has 52 heavy (non-hydrogen) atoms. The van der Waals surface area contributed by atoms with Crippen LogP contribution in [0.3, 0.4) is 0 Å². The van der Waals surface area contributed by atoms with Crippen molar-refractivity contribution in [2.75, 3.05) is 19.6 Å². The average molecular weight is 813 g/mol. The topological polar surface area (TPSA) is 156 Å². The summed E-state index contributed by atoms with van der Waals surface area (Å²) in [6.07, 6.45) is 4.59. The predicted molar refractivity (Wildman–Crippen MR) is 211 cm³/mol. The van der Waals surface area contributed by atoms with Gasteiger partial charge in [0.15, 0.2) is 0 Å². The molecule has 4 N–H and O–H groups in total. The van der Waals surface area contributed by atoms with Crippen molar-refractivity contribution in [1.82, 2.24) is 19.9 Å². The second-order valence-electron chi connectivity index (χ2n) is 12.1. The molecule has 1 aliphatic rings. The molecule has 0 aliphatic carbocycles. The quantitative estimate of drug-likeness (QED) is 0.0551. The number of hydrogen-bond donors (Lipinski definition) is 3. The van der Waals surface area contributed by atoms with Crippen LogP contribution in [0.5, 0.6) is 5.75 Å². The Morgan fingerprint density at radius 1 is 1.02 bits per heavy atom. The summed E-state index contributed by atoms with van der Waals surface area (Å²) in [5.41, 5.74) is 4.26. The molecular weight excluding hydrogens is 770 g/mol. The minimum atomic E-state index is -4.15. The number of aromatic nitrogens is 1. The third kappa shape index (κ3) is 10.1. The highest BCUT2D eigenvalue weighted by molar-refractivity contribution is 7.89. The zero-order valence-corrected chi connectivity index (χ0v) is 32.7. The van der Waals surface area contributed by atoms with Crippen molar-refractivity contribution in [2.24, 2.45) is 10.9 Å². The van der Waals surface area contributed by atoms with Crippen molar-refractivity contribution in [2.45, 2.75) is 63.5 Å². The molecule has 1 aliphatic heterocycles. The fraction of sp³-hybridized carbons (Fsp3) is 0.333.